The zero-order valence-electron chi connectivity index (χ0n) is 22.1. The number of likely N-dealkylation sites (N-methyl/N-ethyl adjacent to an activating group) is 1. The van der Waals surface area contributed by atoms with Gasteiger partial charge in [0.05, 0.1) is 10.7 Å². The van der Waals surface area contributed by atoms with Crippen molar-refractivity contribution in [1.82, 2.24) is 4.90 Å². The molecular weight excluding hydrogens is 517 g/mol. The Labute approximate surface area is 226 Å². The van der Waals surface area contributed by atoms with Crippen LogP contribution in [-0.4, -0.2) is 58.7 Å². The second kappa shape index (κ2) is 12.2. The van der Waals surface area contributed by atoms with E-state index in [4.69, 9.17) is 23.2 Å². The summed E-state index contributed by atoms with van der Waals surface area (Å²) in [5.41, 5.74) is 5.18. The number of sulfonamides is 1. The molecular formula is C27H39Cl2N3O3S. The summed E-state index contributed by atoms with van der Waals surface area (Å²) < 4.78 is 30.0. The number of hydrogen-bond donors (Lipinski definition) is 1. The Morgan fingerprint density at radius 1 is 0.917 bits per heavy atom. The van der Waals surface area contributed by atoms with E-state index in [0.717, 1.165) is 49.2 Å². The van der Waals surface area contributed by atoms with Crippen molar-refractivity contribution in [2.45, 2.75) is 64.2 Å². The van der Waals surface area contributed by atoms with Gasteiger partial charge in [-0.25, -0.2) is 8.42 Å². The van der Waals surface area contributed by atoms with Crippen molar-refractivity contribution >= 4 is 44.6 Å². The topological polar surface area (TPSA) is 64.1 Å². The van der Waals surface area contributed by atoms with Crippen LogP contribution in [0.2, 0.25) is 10.0 Å². The van der Waals surface area contributed by atoms with Gasteiger partial charge in [-0.15, -0.1) is 0 Å². The van der Waals surface area contributed by atoms with Crippen molar-refractivity contribution in [1.29, 1.82) is 0 Å². The van der Waals surface area contributed by atoms with E-state index < -0.39 is 15.8 Å². The van der Waals surface area contributed by atoms with E-state index in [1.807, 2.05) is 19.0 Å². The van der Waals surface area contributed by atoms with Gasteiger partial charge in [-0.1, -0.05) is 50.0 Å². The van der Waals surface area contributed by atoms with Crippen LogP contribution < -0.4 is 9.21 Å². The highest BCUT2D eigenvalue weighted by atomic mass is 35.5. The first-order valence-electron chi connectivity index (χ1n) is 12.8. The molecule has 1 fully saturated rings. The van der Waals surface area contributed by atoms with E-state index in [9.17, 15) is 13.5 Å². The molecule has 200 valence electrons. The van der Waals surface area contributed by atoms with Crippen molar-refractivity contribution in [3.05, 3.63) is 44.9 Å². The predicted octanol–water partition coefficient (Wildman–Crippen LogP) is 6.13. The number of anilines is 2. The summed E-state index contributed by atoms with van der Waals surface area (Å²) in [6.45, 7) is 8.99. The van der Waals surface area contributed by atoms with Crippen molar-refractivity contribution in [3.8, 4) is 5.75 Å². The molecule has 1 aliphatic heterocycles. The Morgan fingerprint density at radius 2 is 1.56 bits per heavy atom. The van der Waals surface area contributed by atoms with Crippen LogP contribution in [-0.2, 0) is 29.3 Å². The van der Waals surface area contributed by atoms with Crippen LogP contribution in [0.3, 0.4) is 0 Å². The Hall–Kier alpha value is -1.67. The lowest BCUT2D eigenvalue weighted by Crippen LogP contribution is -2.39. The third-order valence-corrected chi connectivity index (χ3v) is 9.20. The predicted molar refractivity (Wildman–Crippen MR) is 152 cm³/mol. The molecule has 0 radical (unpaired) electrons. The van der Waals surface area contributed by atoms with E-state index in [0.29, 0.717) is 19.4 Å². The van der Waals surface area contributed by atoms with Crippen LogP contribution in [0.5, 0.6) is 5.75 Å². The quantitative estimate of drug-likeness (QED) is 0.381. The van der Waals surface area contributed by atoms with Gasteiger partial charge in [-0.3, -0.25) is 4.31 Å². The number of halogens is 2. The lowest BCUT2D eigenvalue weighted by Gasteiger charge is -2.37. The Morgan fingerprint density at radius 3 is 2.11 bits per heavy atom. The number of aryl methyl sites for hydroxylation is 2. The molecule has 0 atom stereocenters. The van der Waals surface area contributed by atoms with E-state index in [1.165, 1.54) is 34.1 Å². The fourth-order valence-electron chi connectivity index (χ4n) is 5.04. The molecule has 36 heavy (non-hydrogen) atoms. The summed E-state index contributed by atoms with van der Waals surface area (Å²) in [5, 5.41) is 10.8. The number of rotatable bonds is 10. The second-order valence-corrected chi connectivity index (χ2v) is 12.3. The molecule has 3 rings (SSSR count). The minimum atomic E-state index is -4.19. The van der Waals surface area contributed by atoms with Crippen molar-refractivity contribution in [3.63, 3.8) is 0 Å². The highest BCUT2D eigenvalue weighted by molar-refractivity contribution is 7.93. The van der Waals surface area contributed by atoms with Gasteiger partial charge >= 0.3 is 0 Å². The van der Waals surface area contributed by atoms with E-state index in [1.54, 1.807) is 0 Å². The van der Waals surface area contributed by atoms with Crippen LogP contribution in [0.4, 0.5) is 11.4 Å². The monoisotopic (exact) mass is 555 g/mol. The summed E-state index contributed by atoms with van der Waals surface area (Å²) >= 11 is 12.4. The van der Waals surface area contributed by atoms with Crippen LogP contribution >= 0.6 is 23.2 Å². The maximum atomic E-state index is 14.3. The minimum absolute atomic E-state index is 0.0876. The maximum absolute atomic E-state index is 14.3. The third-order valence-electron chi connectivity index (χ3n) is 6.88. The van der Waals surface area contributed by atoms with Crippen molar-refractivity contribution in [2.75, 3.05) is 49.5 Å². The van der Waals surface area contributed by atoms with Gasteiger partial charge in [-0.05, 0) is 75.9 Å². The average Bonchev–Trinajstić information content (AvgIpc) is 2.85. The van der Waals surface area contributed by atoms with Gasteiger partial charge in [0.1, 0.15) is 4.90 Å². The molecule has 2 aromatic carbocycles. The third kappa shape index (κ3) is 5.90. The Balaban J connectivity index is 2.34. The lowest BCUT2D eigenvalue weighted by molar-refractivity contribution is 0.419. The van der Waals surface area contributed by atoms with Gasteiger partial charge in [0.2, 0.25) is 0 Å². The lowest BCUT2D eigenvalue weighted by atomic mass is 9.93. The highest BCUT2D eigenvalue weighted by Gasteiger charge is 2.34. The molecule has 0 aliphatic carbocycles. The first-order valence-corrected chi connectivity index (χ1v) is 15.0. The second-order valence-electron chi connectivity index (χ2n) is 9.59. The summed E-state index contributed by atoms with van der Waals surface area (Å²) in [5.74, 6) is -0.478. The molecule has 0 saturated carbocycles. The molecule has 0 amide bonds. The Kier molecular flexibility index (Phi) is 9.83. The van der Waals surface area contributed by atoms with Crippen LogP contribution in [0, 0.1) is 0 Å². The number of benzene rings is 2. The van der Waals surface area contributed by atoms with E-state index >= 15 is 0 Å². The van der Waals surface area contributed by atoms with Gasteiger partial charge < -0.3 is 14.9 Å². The van der Waals surface area contributed by atoms with Crippen molar-refractivity contribution < 1.29 is 13.5 Å². The SMILES string of the molecule is CCc1cc(CC)c(N(CCN(C)C)S(=O)(=O)c2cc(Cl)cc(Cl)c2O)c(CC)c1N1CCCCC1. The number of phenols is 1. The molecule has 1 aliphatic rings. The number of piperidine rings is 1. The summed E-state index contributed by atoms with van der Waals surface area (Å²) in [6, 6.07) is 4.81. The smallest absolute Gasteiger partial charge is 0.268 e. The first kappa shape index (κ1) is 28.9. The van der Waals surface area contributed by atoms with Crippen molar-refractivity contribution in [2.24, 2.45) is 0 Å². The van der Waals surface area contributed by atoms with Crippen LogP contribution in [0.1, 0.15) is 56.7 Å². The summed E-state index contributed by atoms with van der Waals surface area (Å²) in [7, 11) is -0.356. The maximum Gasteiger partial charge on any atom is 0.268 e. The zero-order chi connectivity index (χ0) is 26.6. The highest BCUT2D eigenvalue weighted by Crippen LogP contribution is 2.43. The largest absolute Gasteiger partial charge is 0.505 e. The van der Waals surface area contributed by atoms with E-state index in [2.05, 4.69) is 31.7 Å². The Bertz CT molecular complexity index is 1180. The molecule has 0 spiro atoms. The minimum Gasteiger partial charge on any atom is -0.505 e. The molecule has 0 bridgehead atoms. The van der Waals surface area contributed by atoms with Gasteiger partial charge in [0.25, 0.3) is 10.0 Å². The normalized spacial score (nSPS) is 14.5. The van der Waals surface area contributed by atoms with E-state index in [-0.39, 0.29) is 21.5 Å². The molecule has 0 unspecified atom stereocenters. The summed E-state index contributed by atoms with van der Waals surface area (Å²) in [4.78, 5) is 4.12. The number of nitrogens with zero attached hydrogens (tertiary/aromatic N) is 3. The van der Waals surface area contributed by atoms with Gasteiger partial charge in [0, 0.05) is 42.5 Å². The number of aromatic hydroxyl groups is 1. The number of hydrogen-bond acceptors (Lipinski definition) is 5. The first-order chi connectivity index (χ1) is 17.1. The molecule has 1 saturated heterocycles. The van der Waals surface area contributed by atoms with Gasteiger partial charge in [-0.2, -0.15) is 0 Å². The van der Waals surface area contributed by atoms with Gasteiger partial charge in [0.15, 0.2) is 5.75 Å². The fraction of sp³-hybridized carbons (Fsp3) is 0.556. The molecule has 9 heteroatoms. The molecule has 1 N–H and O–H groups in total. The molecule has 0 aromatic heterocycles. The molecule has 1 heterocycles. The van der Waals surface area contributed by atoms with Crippen LogP contribution in [0.15, 0.2) is 23.1 Å². The fourth-order valence-corrected chi connectivity index (χ4v) is 7.32. The zero-order valence-corrected chi connectivity index (χ0v) is 24.4. The number of phenolic OH excluding ortho intramolecular Hbond substituents is 1. The summed E-state index contributed by atoms with van der Waals surface area (Å²) in [6.07, 6.45) is 5.74. The molecule has 6 nitrogen and oxygen atoms in total. The average molecular weight is 557 g/mol. The molecule has 2 aromatic rings. The van der Waals surface area contributed by atoms with Crippen LogP contribution in [0.25, 0.3) is 0 Å². The standard InChI is InChI=1S/C27H39Cl2N3O3S/c1-6-19-16-20(7-2)26(22(8-3)25(19)31-12-10-9-11-13-31)32(15-14-30(4)5)36(34,35)24-18-21(28)17-23(29)27(24)33/h16-18,33H,6-15H2,1-5H3.